The fourth-order valence-corrected chi connectivity index (χ4v) is 3.15. The van der Waals surface area contributed by atoms with Gasteiger partial charge in [-0.1, -0.05) is 25.1 Å². The molecule has 0 amide bonds. The Kier molecular flexibility index (Phi) is 6.52. The van der Waals surface area contributed by atoms with Crippen LogP contribution in [0.25, 0.3) is 0 Å². The number of hydrogen-bond donors (Lipinski definition) is 1. The molecule has 1 heterocycles. The second kappa shape index (κ2) is 8.40. The summed E-state index contributed by atoms with van der Waals surface area (Å²) in [6, 6.07) is 10.8. The second-order valence-corrected chi connectivity index (χ2v) is 6.14. The van der Waals surface area contributed by atoms with Gasteiger partial charge in [0.05, 0.1) is 0 Å². The molecule has 3 heteroatoms. The molecule has 1 fully saturated rings. The molecule has 1 aromatic rings. The molecule has 0 radical (unpaired) electrons. The Morgan fingerprint density at radius 3 is 2.48 bits per heavy atom. The molecule has 1 aromatic carbocycles. The molecular formula is C18H30N2O. The summed E-state index contributed by atoms with van der Waals surface area (Å²) in [5.74, 6) is 0. The number of ether oxygens (including phenoxy) is 1. The van der Waals surface area contributed by atoms with Crippen LogP contribution in [-0.2, 0) is 4.74 Å². The number of para-hydroxylation sites is 1. The minimum atomic E-state index is 0.346. The van der Waals surface area contributed by atoms with Crippen molar-refractivity contribution in [1.82, 2.24) is 5.32 Å². The topological polar surface area (TPSA) is 24.5 Å². The summed E-state index contributed by atoms with van der Waals surface area (Å²) in [6.45, 7) is 10.7. The molecule has 0 bridgehead atoms. The lowest BCUT2D eigenvalue weighted by molar-refractivity contribution is 0.0185. The van der Waals surface area contributed by atoms with Gasteiger partial charge in [0.2, 0.25) is 0 Å². The van der Waals surface area contributed by atoms with Crippen molar-refractivity contribution in [1.29, 1.82) is 0 Å². The monoisotopic (exact) mass is 290 g/mol. The normalized spacial score (nSPS) is 17.6. The number of rotatable bonds is 8. The van der Waals surface area contributed by atoms with Crippen LogP contribution >= 0.6 is 0 Å². The van der Waals surface area contributed by atoms with Crippen molar-refractivity contribution in [3.63, 3.8) is 0 Å². The summed E-state index contributed by atoms with van der Waals surface area (Å²) in [4.78, 5) is 2.51. The molecule has 3 nitrogen and oxygen atoms in total. The van der Waals surface area contributed by atoms with Gasteiger partial charge in [0.15, 0.2) is 0 Å². The summed E-state index contributed by atoms with van der Waals surface area (Å²) in [5.41, 5.74) is 1.68. The summed E-state index contributed by atoms with van der Waals surface area (Å²) < 4.78 is 5.61. The Labute approximate surface area is 129 Å². The molecule has 1 N–H and O–H groups in total. The number of hydrogen-bond acceptors (Lipinski definition) is 3. The first-order valence-electron chi connectivity index (χ1n) is 8.38. The van der Waals surface area contributed by atoms with Gasteiger partial charge in [-0.3, -0.25) is 0 Å². The van der Waals surface area contributed by atoms with E-state index in [9.17, 15) is 0 Å². The molecule has 0 unspecified atom stereocenters. The van der Waals surface area contributed by atoms with E-state index in [1.807, 2.05) is 0 Å². The third kappa shape index (κ3) is 4.72. The Morgan fingerprint density at radius 1 is 1.14 bits per heavy atom. The summed E-state index contributed by atoms with van der Waals surface area (Å²) >= 11 is 0. The molecule has 21 heavy (non-hydrogen) atoms. The lowest BCUT2D eigenvalue weighted by atomic mass is 9.79. The first kappa shape index (κ1) is 16.3. The van der Waals surface area contributed by atoms with Crippen molar-refractivity contribution < 1.29 is 4.74 Å². The predicted octanol–water partition coefficient (Wildman–Crippen LogP) is 3.31. The standard InChI is InChI=1S/C18H30N2O/c1-3-12-19-15-18(10-13-21-14-11-18)16-20(4-2)17-8-6-5-7-9-17/h5-9,19H,3-4,10-16H2,1-2H3. The van der Waals surface area contributed by atoms with Crippen molar-refractivity contribution in [2.45, 2.75) is 33.1 Å². The van der Waals surface area contributed by atoms with Crippen LogP contribution in [0.4, 0.5) is 5.69 Å². The zero-order valence-electron chi connectivity index (χ0n) is 13.6. The zero-order chi connectivity index (χ0) is 15.0. The van der Waals surface area contributed by atoms with Crippen LogP contribution in [0.5, 0.6) is 0 Å². The molecule has 1 aliphatic rings. The van der Waals surface area contributed by atoms with Gasteiger partial charge in [0, 0.05) is 44.0 Å². The van der Waals surface area contributed by atoms with E-state index in [2.05, 4.69) is 54.4 Å². The van der Waals surface area contributed by atoms with Crippen LogP contribution in [0.1, 0.15) is 33.1 Å². The van der Waals surface area contributed by atoms with Gasteiger partial charge in [0.1, 0.15) is 0 Å². The van der Waals surface area contributed by atoms with Gasteiger partial charge < -0.3 is 15.0 Å². The van der Waals surface area contributed by atoms with E-state index in [4.69, 9.17) is 4.74 Å². The Morgan fingerprint density at radius 2 is 1.86 bits per heavy atom. The van der Waals surface area contributed by atoms with E-state index in [1.54, 1.807) is 0 Å². The van der Waals surface area contributed by atoms with E-state index in [1.165, 1.54) is 12.1 Å². The summed E-state index contributed by atoms with van der Waals surface area (Å²) in [6.07, 6.45) is 3.52. The molecule has 0 spiro atoms. The van der Waals surface area contributed by atoms with Crippen molar-refractivity contribution in [2.24, 2.45) is 5.41 Å². The summed E-state index contributed by atoms with van der Waals surface area (Å²) in [7, 11) is 0. The minimum Gasteiger partial charge on any atom is -0.381 e. The number of nitrogens with one attached hydrogen (secondary N) is 1. The predicted molar refractivity (Wildman–Crippen MR) is 90.0 cm³/mol. The first-order chi connectivity index (χ1) is 10.3. The van der Waals surface area contributed by atoms with Crippen LogP contribution in [0.3, 0.4) is 0 Å². The van der Waals surface area contributed by atoms with E-state index < -0.39 is 0 Å². The molecule has 1 aliphatic heterocycles. The maximum Gasteiger partial charge on any atom is 0.0472 e. The Balaban J connectivity index is 2.05. The maximum atomic E-state index is 5.61. The van der Waals surface area contributed by atoms with Crippen LogP contribution in [0.2, 0.25) is 0 Å². The number of anilines is 1. The van der Waals surface area contributed by atoms with E-state index in [0.717, 1.165) is 52.2 Å². The van der Waals surface area contributed by atoms with Crippen molar-refractivity contribution in [3.8, 4) is 0 Å². The third-order valence-corrected chi connectivity index (χ3v) is 4.51. The SMILES string of the molecule is CCCNCC1(CN(CC)c2ccccc2)CCOCC1. The molecule has 1 saturated heterocycles. The van der Waals surface area contributed by atoms with Gasteiger partial charge in [-0.15, -0.1) is 0 Å². The van der Waals surface area contributed by atoms with Gasteiger partial charge >= 0.3 is 0 Å². The highest BCUT2D eigenvalue weighted by molar-refractivity contribution is 5.46. The highest BCUT2D eigenvalue weighted by Gasteiger charge is 2.34. The van der Waals surface area contributed by atoms with Crippen LogP contribution < -0.4 is 10.2 Å². The lowest BCUT2D eigenvalue weighted by Gasteiger charge is -2.42. The molecule has 118 valence electrons. The second-order valence-electron chi connectivity index (χ2n) is 6.14. The van der Waals surface area contributed by atoms with Crippen LogP contribution in [0, 0.1) is 5.41 Å². The van der Waals surface area contributed by atoms with Gasteiger partial charge in [-0.25, -0.2) is 0 Å². The fourth-order valence-electron chi connectivity index (χ4n) is 3.15. The van der Waals surface area contributed by atoms with Crippen molar-refractivity contribution in [3.05, 3.63) is 30.3 Å². The Hall–Kier alpha value is -1.06. The average molecular weight is 290 g/mol. The van der Waals surface area contributed by atoms with Gasteiger partial charge in [-0.2, -0.15) is 0 Å². The van der Waals surface area contributed by atoms with Crippen LogP contribution in [0.15, 0.2) is 30.3 Å². The van der Waals surface area contributed by atoms with Gasteiger partial charge in [0.25, 0.3) is 0 Å². The highest BCUT2D eigenvalue weighted by Crippen LogP contribution is 2.32. The van der Waals surface area contributed by atoms with E-state index in [0.29, 0.717) is 5.41 Å². The smallest absolute Gasteiger partial charge is 0.0472 e. The number of nitrogens with zero attached hydrogens (tertiary/aromatic N) is 1. The maximum absolute atomic E-state index is 5.61. The van der Waals surface area contributed by atoms with Crippen molar-refractivity contribution in [2.75, 3.05) is 44.3 Å². The molecule has 0 atom stereocenters. The largest absolute Gasteiger partial charge is 0.381 e. The molecular weight excluding hydrogens is 260 g/mol. The van der Waals surface area contributed by atoms with Gasteiger partial charge in [-0.05, 0) is 44.9 Å². The minimum absolute atomic E-state index is 0.346. The molecule has 0 aromatic heterocycles. The number of benzene rings is 1. The first-order valence-corrected chi connectivity index (χ1v) is 8.38. The molecule has 0 saturated carbocycles. The van der Waals surface area contributed by atoms with E-state index in [-0.39, 0.29) is 0 Å². The average Bonchev–Trinajstić information content (AvgIpc) is 2.55. The molecule has 2 rings (SSSR count). The zero-order valence-corrected chi connectivity index (χ0v) is 13.6. The van der Waals surface area contributed by atoms with E-state index >= 15 is 0 Å². The lowest BCUT2D eigenvalue weighted by Crippen LogP contribution is -2.47. The quantitative estimate of drug-likeness (QED) is 0.743. The fraction of sp³-hybridized carbons (Fsp3) is 0.667. The molecule has 0 aliphatic carbocycles. The summed E-state index contributed by atoms with van der Waals surface area (Å²) in [5, 5.41) is 3.64. The highest BCUT2D eigenvalue weighted by atomic mass is 16.5. The van der Waals surface area contributed by atoms with Crippen LogP contribution in [-0.4, -0.2) is 39.4 Å². The third-order valence-electron chi connectivity index (χ3n) is 4.51. The Bertz CT molecular complexity index is 387. The van der Waals surface area contributed by atoms with Crippen molar-refractivity contribution >= 4 is 5.69 Å².